The first-order valence-corrected chi connectivity index (χ1v) is 14.3. The number of carbonyl (C=O) groups excluding carboxylic acids is 1. The third-order valence-electron chi connectivity index (χ3n) is 7.55. The first kappa shape index (κ1) is 27.4. The molecule has 1 fully saturated rings. The lowest BCUT2D eigenvalue weighted by Gasteiger charge is -2.31. The predicted molar refractivity (Wildman–Crippen MR) is 153 cm³/mol. The molecule has 3 heterocycles. The summed E-state index contributed by atoms with van der Waals surface area (Å²) in [5.74, 6) is 0.432. The van der Waals surface area contributed by atoms with E-state index in [0.29, 0.717) is 25.6 Å². The average Bonchev–Trinajstić information content (AvgIpc) is 3.42. The van der Waals surface area contributed by atoms with Gasteiger partial charge in [-0.2, -0.15) is 0 Å². The van der Waals surface area contributed by atoms with E-state index in [4.69, 9.17) is 4.98 Å². The zero-order valence-electron chi connectivity index (χ0n) is 23.7. The summed E-state index contributed by atoms with van der Waals surface area (Å²) in [5.41, 5.74) is 4.79. The standard InChI is InChI=1S/C30H42N4O2S/c1-9-34-20(2)18-33(28(34)36)19-26(35)32-12-10-21(11-13-32)25-17-31-27(37-25)22-14-23(29(3,4)5)16-24(15-22)30(6,7)8/h14-18,21H,9-13,19H2,1-8H3. The molecule has 0 spiro atoms. The van der Waals surface area contributed by atoms with E-state index in [9.17, 15) is 9.59 Å². The zero-order chi connectivity index (χ0) is 27.1. The lowest BCUT2D eigenvalue weighted by atomic mass is 9.79. The Balaban J connectivity index is 1.45. The van der Waals surface area contributed by atoms with Gasteiger partial charge < -0.3 is 4.90 Å². The second-order valence-corrected chi connectivity index (χ2v) is 13.5. The maximum absolute atomic E-state index is 12.9. The molecule has 0 bridgehead atoms. The van der Waals surface area contributed by atoms with Gasteiger partial charge in [-0.1, -0.05) is 47.6 Å². The van der Waals surface area contributed by atoms with Crippen LogP contribution in [0, 0.1) is 6.92 Å². The molecule has 200 valence electrons. The fourth-order valence-electron chi connectivity index (χ4n) is 5.04. The number of thiazole rings is 1. The number of piperidine rings is 1. The molecular formula is C30H42N4O2S. The lowest BCUT2D eigenvalue weighted by Crippen LogP contribution is -2.41. The number of carbonyl (C=O) groups is 1. The Kier molecular flexibility index (Phi) is 7.57. The van der Waals surface area contributed by atoms with Crippen molar-refractivity contribution >= 4 is 17.2 Å². The average molecular weight is 523 g/mol. The molecule has 37 heavy (non-hydrogen) atoms. The summed E-state index contributed by atoms with van der Waals surface area (Å²) < 4.78 is 3.24. The van der Waals surface area contributed by atoms with Crippen molar-refractivity contribution in [3.05, 3.63) is 62.8 Å². The largest absolute Gasteiger partial charge is 0.341 e. The minimum Gasteiger partial charge on any atom is -0.341 e. The summed E-state index contributed by atoms with van der Waals surface area (Å²) in [4.78, 5) is 33.5. The summed E-state index contributed by atoms with van der Waals surface area (Å²) in [5, 5.41) is 1.07. The van der Waals surface area contributed by atoms with Crippen LogP contribution in [0.25, 0.3) is 10.6 Å². The minimum absolute atomic E-state index is 0.0208. The van der Waals surface area contributed by atoms with Crippen molar-refractivity contribution < 1.29 is 4.79 Å². The van der Waals surface area contributed by atoms with E-state index in [1.807, 2.05) is 24.9 Å². The molecule has 1 aromatic carbocycles. The van der Waals surface area contributed by atoms with Crippen LogP contribution >= 0.6 is 11.3 Å². The van der Waals surface area contributed by atoms with Gasteiger partial charge in [-0.05, 0) is 66.7 Å². The molecule has 0 radical (unpaired) electrons. The number of hydrogen-bond acceptors (Lipinski definition) is 4. The Labute approximate surface area is 225 Å². The SMILES string of the molecule is CCn1c(C)cn(CC(=O)N2CCC(c3cnc(-c4cc(C(C)(C)C)cc(C(C)(C)C)c4)s3)CC2)c1=O. The monoisotopic (exact) mass is 522 g/mol. The van der Waals surface area contributed by atoms with E-state index in [1.165, 1.54) is 21.6 Å². The van der Waals surface area contributed by atoms with Crippen LogP contribution in [0.4, 0.5) is 0 Å². The van der Waals surface area contributed by atoms with E-state index in [-0.39, 0.29) is 29.0 Å². The Morgan fingerprint density at radius 1 is 1.03 bits per heavy atom. The van der Waals surface area contributed by atoms with Crippen molar-refractivity contribution in [2.45, 2.75) is 98.1 Å². The highest BCUT2D eigenvalue weighted by Crippen LogP contribution is 2.38. The number of aromatic nitrogens is 3. The van der Waals surface area contributed by atoms with Crippen LogP contribution < -0.4 is 5.69 Å². The highest BCUT2D eigenvalue weighted by Gasteiger charge is 2.27. The van der Waals surface area contributed by atoms with Crippen LogP contribution in [-0.4, -0.2) is 38.0 Å². The summed E-state index contributed by atoms with van der Waals surface area (Å²) in [6.07, 6.45) is 5.67. The molecule has 0 atom stereocenters. The van der Waals surface area contributed by atoms with Gasteiger partial charge in [0.05, 0.1) is 0 Å². The van der Waals surface area contributed by atoms with E-state index < -0.39 is 0 Å². The number of rotatable bonds is 5. The molecule has 1 amide bonds. The number of benzene rings is 1. The van der Waals surface area contributed by atoms with Crippen LogP contribution in [0.15, 0.2) is 35.4 Å². The van der Waals surface area contributed by atoms with Gasteiger partial charge in [-0.15, -0.1) is 11.3 Å². The predicted octanol–water partition coefficient (Wildman–Crippen LogP) is 6.10. The van der Waals surface area contributed by atoms with Crippen molar-refractivity contribution in [2.75, 3.05) is 13.1 Å². The smallest absolute Gasteiger partial charge is 0.328 e. The highest BCUT2D eigenvalue weighted by molar-refractivity contribution is 7.15. The van der Waals surface area contributed by atoms with Gasteiger partial charge in [0.15, 0.2) is 0 Å². The van der Waals surface area contributed by atoms with Gasteiger partial charge in [0, 0.05) is 48.2 Å². The third-order valence-corrected chi connectivity index (χ3v) is 8.76. The van der Waals surface area contributed by atoms with Crippen molar-refractivity contribution in [1.29, 1.82) is 0 Å². The summed E-state index contributed by atoms with van der Waals surface area (Å²) in [6, 6.07) is 6.94. The van der Waals surface area contributed by atoms with Gasteiger partial charge in [-0.3, -0.25) is 13.9 Å². The van der Waals surface area contributed by atoms with Crippen LogP contribution in [0.1, 0.15) is 88.9 Å². The number of nitrogens with zero attached hydrogens (tertiary/aromatic N) is 4. The Morgan fingerprint density at radius 2 is 1.62 bits per heavy atom. The Morgan fingerprint density at radius 3 is 2.14 bits per heavy atom. The molecule has 0 saturated carbocycles. The van der Waals surface area contributed by atoms with Crippen LogP contribution in [-0.2, 0) is 28.7 Å². The van der Waals surface area contributed by atoms with Crippen LogP contribution in [0.5, 0.6) is 0 Å². The zero-order valence-corrected chi connectivity index (χ0v) is 24.5. The molecule has 7 heteroatoms. The van der Waals surface area contributed by atoms with Gasteiger partial charge >= 0.3 is 5.69 Å². The molecule has 0 unspecified atom stereocenters. The Bertz CT molecular complexity index is 1290. The van der Waals surface area contributed by atoms with E-state index >= 15 is 0 Å². The molecule has 4 rings (SSSR count). The van der Waals surface area contributed by atoms with E-state index in [1.54, 1.807) is 26.7 Å². The molecule has 6 nitrogen and oxygen atoms in total. The van der Waals surface area contributed by atoms with Crippen molar-refractivity contribution in [2.24, 2.45) is 0 Å². The van der Waals surface area contributed by atoms with Crippen molar-refractivity contribution in [3.8, 4) is 10.6 Å². The second kappa shape index (κ2) is 10.2. The fourth-order valence-corrected chi connectivity index (χ4v) is 6.11. The molecule has 3 aromatic rings. The number of aryl methyl sites for hydroxylation is 1. The van der Waals surface area contributed by atoms with Crippen LogP contribution in [0.3, 0.4) is 0 Å². The topological polar surface area (TPSA) is 60.1 Å². The first-order chi connectivity index (χ1) is 17.3. The van der Waals surface area contributed by atoms with E-state index in [0.717, 1.165) is 23.5 Å². The van der Waals surface area contributed by atoms with Crippen LogP contribution in [0.2, 0.25) is 0 Å². The maximum Gasteiger partial charge on any atom is 0.328 e. The maximum atomic E-state index is 12.9. The van der Waals surface area contributed by atoms with E-state index in [2.05, 4.69) is 59.7 Å². The summed E-state index contributed by atoms with van der Waals surface area (Å²) >= 11 is 1.79. The van der Waals surface area contributed by atoms with Gasteiger partial charge in [-0.25, -0.2) is 9.78 Å². The lowest BCUT2D eigenvalue weighted by molar-refractivity contribution is -0.132. The molecule has 2 aromatic heterocycles. The number of likely N-dealkylation sites (tertiary alicyclic amines) is 1. The molecule has 0 N–H and O–H groups in total. The summed E-state index contributed by atoms with van der Waals surface area (Å²) in [7, 11) is 0. The first-order valence-electron chi connectivity index (χ1n) is 13.4. The van der Waals surface area contributed by atoms with Gasteiger partial charge in [0.25, 0.3) is 0 Å². The number of hydrogen-bond donors (Lipinski definition) is 0. The molecule has 1 aliphatic rings. The third kappa shape index (κ3) is 5.92. The highest BCUT2D eigenvalue weighted by atomic mass is 32.1. The van der Waals surface area contributed by atoms with Gasteiger partial charge in [0.2, 0.25) is 5.91 Å². The molecule has 1 aliphatic heterocycles. The molecule has 0 aliphatic carbocycles. The van der Waals surface area contributed by atoms with Gasteiger partial charge in [0.1, 0.15) is 11.6 Å². The second-order valence-electron chi connectivity index (χ2n) is 12.4. The van der Waals surface area contributed by atoms with Crippen molar-refractivity contribution in [3.63, 3.8) is 0 Å². The normalized spacial score (nSPS) is 15.4. The fraction of sp³-hybridized carbons (Fsp3) is 0.567. The number of imidazole rings is 1. The minimum atomic E-state index is -0.106. The number of amides is 1. The van der Waals surface area contributed by atoms with Crippen molar-refractivity contribution in [1.82, 2.24) is 19.0 Å². The quantitative estimate of drug-likeness (QED) is 0.407. The molecule has 1 saturated heterocycles. The molecular weight excluding hydrogens is 480 g/mol. The Hall–Kier alpha value is -2.67. The summed E-state index contributed by atoms with van der Waals surface area (Å²) in [6.45, 7) is 19.6.